The normalized spacial score (nSPS) is 13.8. The van der Waals surface area contributed by atoms with Gasteiger partial charge in [0.1, 0.15) is 11.4 Å². The standard InChI is InChI=1S/C13H16N6O2/c1-8-16-17-18-19(8)11-7-10(5-6-12(11)21-2)15-13(20)14-9-3-4-9/h5-7,9H,3-4H2,1-2H3,(H2,14,15,20). The Hall–Kier alpha value is -2.64. The zero-order valence-corrected chi connectivity index (χ0v) is 11.8. The number of aryl methyl sites for hydroxylation is 1. The fourth-order valence-corrected chi connectivity index (χ4v) is 1.97. The maximum Gasteiger partial charge on any atom is 0.319 e. The maximum atomic E-state index is 11.8. The first-order valence-electron chi connectivity index (χ1n) is 6.68. The lowest BCUT2D eigenvalue weighted by atomic mass is 10.2. The number of carbonyl (C=O) groups is 1. The van der Waals surface area contributed by atoms with Gasteiger partial charge in [-0.1, -0.05) is 0 Å². The molecular weight excluding hydrogens is 272 g/mol. The predicted octanol–water partition coefficient (Wildman–Crippen LogP) is 1.26. The summed E-state index contributed by atoms with van der Waals surface area (Å²) in [4.78, 5) is 11.8. The number of nitrogens with one attached hydrogen (secondary N) is 2. The zero-order valence-electron chi connectivity index (χ0n) is 11.8. The van der Waals surface area contributed by atoms with E-state index in [2.05, 4.69) is 26.2 Å². The molecule has 2 amide bonds. The van der Waals surface area contributed by atoms with Gasteiger partial charge in [0, 0.05) is 11.7 Å². The number of hydrogen-bond donors (Lipinski definition) is 2. The molecule has 21 heavy (non-hydrogen) atoms. The van der Waals surface area contributed by atoms with Crippen LogP contribution in [0.25, 0.3) is 5.69 Å². The molecule has 8 heteroatoms. The topological polar surface area (TPSA) is 94.0 Å². The van der Waals surface area contributed by atoms with Gasteiger partial charge in [0.25, 0.3) is 0 Å². The molecule has 0 unspecified atom stereocenters. The van der Waals surface area contributed by atoms with E-state index in [1.165, 1.54) is 0 Å². The number of aromatic nitrogens is 4. The highest BCUT2D eigenvalue weighted by Gasteiger charge is 2.23. The molecule has 8 nitrogen and oxygen atoms in total. The van der Waals surface area contributed by atoms with E-state index < -0.39 is 0 Å². The van der Waals surface area contributed by atoms with E-state index in [1.807, 2.05) is 0 Å². The Morgan fingerprint density at radius 1 is 1.43 bits per heavy atom. The van der Waals surface area contributed by atoms with Gasteiger partial charge in [-0.3, -0.25) is 0 Å². The average Bonchev–Trinajstić information content (AvgIpc) is 3.17. The Labute approximate surface area is 121 Å². The van der Waals surface area contributed by atoms with Gasteiger partial charge >= 0.3 is 6.03 Å². The van der Waals surface area contributed by atoms with E-state index in [0.29, 0.717) is 29.0 Å². The van der Waals surface area contributed by atoms with Gasteiger partial charge in [-0.2, -0.15) is 4.68 Å². The van der Waals surface area contributed by atoms with E-state index in [1.54, 1.807) is 36.9 Å². The number of tetrazole rings is 1. The summed E-state index contributed by atoms with van der Waals surface area (Å²) in [5.74, 6) is 1.26. The molecule has 1 aliphatic rings. The number of benzene rings is 1. The summed E-state index contributed by atoms with van der Waals surface area (Å²) in [5.41, 5.74) is 1.32. The van der Waals surface area contributed by atoms with E-state index in [0.717, 1.165) is 12.8 Å². The average molecular weight is 288 g/mol. The van der Waals surface area contributed by atoms with E-state index in [-0.39, 0.29) is 6.03 Å². The Bertz CT molecular complexity index is 664. The third-order valence-electron chi connectivity index (χ3n) is 3.20. The summed E-state index contributed by atoms with van der Waals surface area (Å²) in [6.45, 7) is 1.79. The molecule has 0 spiro atoms. The maximum absolute atomic E-state index is 11.8. The molecule has 2 N–H and O–H groups in total. The van der Waals surface area contributed by atoms with Crippen LogP contribution in [0.5, 0.6) is 5.75 Å². The fourth-order valence-electron chi connectivity index (χ4n) is 1.97. The van der Waals surface area contributed by atoms with Crippen LogP contribution < -0.4 is 15.4 Å². The lowest BCUT2D eigenvalue weighted by molar-refractivity contribution is 0.251. The third kappa shape index (κ3) is 2.93. The Kier molecular flexibility index (Phi) is 3.43. The largest absolute Gasteiger partial charge is 0.494 e. The lowest BCUT2D eigenvalue weighted by Crippen LogP contribution is -2.30. The first-order chi connectivity index (χ1) is 10.2. The molecule has 1 heterocycles. The van der Waals surface area contributed by atoms with Crippen molar-refractivity contribution in [3.05, 3.63) is 24.0 Å². The molecule has 2 aromatic rings. The van der Waals surface area contributed by atoms with Gasteiger partial charge in [-0.25, -0.2) is 4.79 Å². The Balaban J connectivity index is 1.85. The second-order valence-corrected chi connectivity index (χ2v) is 4.90. The van der Waals surface area contributed by atoms with Crippen molar-refractivity contribution >= 4 is 11.7 Å². The first-order valence-corrected chi connectivity index (χ1v) is 6.68. The van der Waals surface area contributed by atoms with Crippen LogP contribution in [0.1, 0.15) is 18.7 Å². The van der Waals surface area contributed by atoms with E-state index in [9.17, 15) is 4.79 Å². The molecule has 1 aromatic heterocycles. The summed E-state index contributed by atoms with van der Waals surface area (Å²) >= 11 is 0. The molecule has 0 bridgehead atoms. The summed E-state index contributed by atoms with van der Waals surface area (Å²) in [6.07, 6.45) is 2.09. The highest BCUT2D eigenvalue weighted by atomic mass is 16.5. The minimum Gasteiger partial charge on any atom is -0.494 e. The minimum atomic E-state index is -0.206. The van der Waals surface area contributed by atoms with Crippen LogP contribution in [0.15, 0.2) is 18.2 Å². The van der Waals surface area contributed by atoms with Crippen molar-refractivity contribution in [1.82, 2.24) is 25.5 Å². The van der Waals surface area contributed by atoms with Crippen LogP contribution >= 0.6 is 0 Å². The van der Waals surface area contributed by atoms with Crippen LogP contribution in [0.3, 0.4) is 0 Å². The Morgan fingerprint density at radius 3 is 2.86 bits per heavy atom. The number of ether oxygens (including phenoxy) is 1. The number of nitrogens with zero attached hydrogens (tertiary/aromatic N) is 4. The fraction of sp³-hybridized carbons (Fsp3) is 0.385. The Morgan fingerprint density at radius 2 is 2.24 bits per heavy atom. The molecule has 0 saturated heterocycles. The number of methoxy groups -OCH3 is 1. The third-order valence-corrected chi connectivity index (χ3v) is 3.20. The van der Waals surface area contributed by atoms with Crippen molar-refractivity contribution in [2.75, 3.05) is 12.4 Å². The van der Waals surface area contributed by atoms with Crippen molar-refractivity contribution < 1.29 is 9.53 Å². The molecule has 0 aliphatic heterocycles. The van der Waals surface area contributed by atoms with Crippen molar-refractivity contribution in [2.24, 2.45) is 0 Å². The van der Waals surface area contributed by atoms with Gasteiger partial charge in [-0.15, -0.1) is 5.10 Å². The zero-order chi connectivity index (χ0) is 14.8. The number of rotatable bonds is 4. The number of anilines is 1. The van der Waals surface area contributed by atoms with Crippen LogP contribution in [0.2, 0.25) is 0 Å². The van der Waals surface area contributed by atoms with Crippen LogP contribution in [0, 0.1) is 6.92 Å². The summed E-state index contributed by atoms with van der Waals surface area (Å²) < 4.78 is 6.87. The molecule has 3 rings (SSSR count). The van der Waals surface area contributed by atoms with Gasteiger partial charge in [0.15, 0.2) is 5.82 Å². The summed E-state index contributed by atoms with van der Waals surface area (Å²) in [7, 11) is 1.57. The van der Waals surface area contributed by atoms with Crippen molar-refractivity contribution in [3.8, 4) is 11.4 Å². The van der Waals surface area contributed by atoms with Crippen LogP contribution in [-0.2, 0) is 0 Å². The summed E-state index contributed by atoms with van der Waals surface area (Å²) in [5, 5.41) is 17.1. The molecule has 1 aromatic carbocycles. The highest BCUT2D eigenvalue weighted by Crippen LogP contribution is 2.26. The highest BCUT2D eigenvalue weighted by molar-refractivity contribution is 5.90. The monoisotopic (exact) mass is 288 g/mol. The quantitative estimate of drug-likeness (QED) is 0.883. The van der Waals surface area contributed by atoms with Gasteiger partial charge in [-0.05, 0) is 48.4 Å². The molecule has 1 fully saturated rings. The molecular formula is C13H16N6O2. The van der Waals surface area contributed by atoms with Gasteiger partial charge < -0.3 is 15.4 Å². The van der Waals surface area contributed by atoms with Crippen molar-refractivity contribution in [3.63, 3.8) is 0 Å². The number of carbonyl (C=O) groups excluding carboxylic acids is 1. The van der Waals surface area contributed by atoms with Crippen molar-refractivity contribution in [2.45, 2.75) is 25.8 Å². The second-order valence-electron chi connectivity index (χ2n) is 4.90. The second kappa shape index (κ2) is 5.39. The molecule has 0 radical (unpaired) electrons. The number of urea groups is 1. The minimum absolute atomic E-state index is 0.206. The van der Waals surface area contributed by atoms with Crippen LogP contribution in [-0.4, -0.2) is 39.4 Å². The predicted molar refractivity (Wildman–Crippen MR) is 75.6 cm³/mol. The lowest BCUT2D eigenvalue weighted by Gasteiger charge is -2.12. The molecule has 1 aliphatic carbocycles. The van der Waals surface area contributed by atoms with E-state index >= 15 is 0 Å². The van der Waals surface area contributed by atoms with Gasteiger partial charge in [0.2, 0.25) is 0 Å². The number of amides is 2. The smallest absolute Gasteiger partial charge is 0.319 e. The molecule has 110 valence electrons. The van der Waals surface area contributed by atoms with Gasteiger partial charge in [0.05, 0.1) is 7.11 Å². The molecule has 0 atom stereocenters. The first kappa shape index (κ1) is 13.3. The number of hydrogen-bond acceptors (Lipinski definition) is 5. The SMILES string of the molecule is COc1ccc(NC(=O)NC2CC2)cc1-n1nnnc1C. The van der Waals surface area contributed by atoms with Crippen molar-refractivity contribution in [1.29, 1.82) is 0 Å². The van der Waals surface area contributed by atoms with Crippen LogP contribution in [0.4, 0.5) is 10.5 Å². The molecule has 1 saturated carbocycles. The van der Waals surface area contributed by atoms with E-state index in [4.69, 9.17) is 4.74 Å². The summed E-state index contributed by atoms with van der Waals surface area (Å²) in [6, 6.07) is 5.42.